The molecule has 0 saturated carbocycles. The lowest BCUT2D eigenvalue weighted by atomic mass is 10.2. The molecule has 1 fully saturated rings. The van der Waals surface area contributed by atoms with Crippen LogP contribution in [0, 0.1) is 5.92 Å². The van der Waals surface area contributed by atoms with Crippen molar-refractivity contribution in [3.05, 3.63) is 0 Å². The van der Waals surface area contributed by atoms with E-state index in [0.717, 1.165) is 43.7 Å². The van der Waals surface area contributed by atoms with Crippen molar-refractivity contribution in [2.75, 3.05) is 32.7 Å². The number of alkyl halides is 3. The Hall–Kier alpha value is -0.780. The van der Waals surface area contributed by atoms with Gasteiger partial charge in [-0.2, -0.15) is 13.2 Å². The van der Waals surface area contributed by atoms with Gasteiger partial charge in [-0.1, -0.05) is 26.7 Å². The molecule has 1 heterocycles. The number of rotatable bonds is 5. The number of amides is 1. The summed E-state index contributed by atoms with van der Waals surface area (Å²) in [5.74, 6) is -0.372. The highest BCUT2D eigenvalue weighted by Crippen LogP contribution is 2.18. The first kappa shape index (κ1) is 17.3. The zero-order chi connectivity index (χ0) is 15.2. The number of halogens is 3. The van der Waals surface area contributed by atoms with Gasteiger partial charge in [-0.05, 0) is 31.8 Å². The highest BCUT2D eigenvalue weighted by molar-refractivity contribution is 5.78. The molecule has 20 heavy (non-hydrogen) atoms. The molecule has 1 amide bonds. The van der Waals surface area contributed by atoms with Crippen LogP contribution in [0.5, 0.6) is 0 Å². The maximum absolute atomic E-state index is 12.6. The molecule has 3 nitrogen and oxygen atoms in total. The second kappa shape index (κ2) is 7.86. The lowest BCUT2D eigenvalue weighted by molar-refractivity contribution is -0.162. The minimum Gasteiger partial charge on any atom is -0.332 e. The molecule has 1 rings (SSSR count). The van der Waals surface area contributed by atoms with E-state index in [1.165, 1.54) is 0 Å². The fraction of sp³-hybridized carbons (Fsp3) is 0.929. The van der Waals surface area contributed by atoms with Gasteiger partial charge in [-0.25, -0.2) is 0 Å². The molecule has 1 aliphatic rings. The van der Waals surface area contributed by atoms with Crippen LogP contribution in [0.25, 0.3) is 0 Å². The van der Waals surface area contributed by atoms with Gasteiger partial charge in [0.05, 0.1) is 6.54 Å². The van der Waals surface area contributed by atoms with Crippen LogP contribution in [0.1, 0.15) is 39.5 Å². The molecule has 0 N–H and O–H groups in total. The average Bonchev–Trinajstić information content (AvgIpc) is 2.54. The Bertz CT molecular complexity index is 297. The first-order chi connectivity index (χ1) is 9.28. The van der Waals surface area contributed by atoms with Crippen LogP contribution in [0.15, 0.2) is 0 Å². The Kier molecular flexibility index (Phi) is 6.79. The molecule has 0 spiro atoms. The Balaban J connectivity index is 2.57. The van der Waals surface area contributed by atoms with Crippen molar-refractivity contribution >= 4 is 5.91 Å². The molecule has 0 aromatic heterocycles. The number of likely N-dealkylation sites (tertiary alicyclic amines) is 1. The number of hydrogen-bond acceptors (Lipinski definition) is 2. The minimum atomic E-state index is -4.33. The van der Waals surface area contributed by atoms with Crippen LogP contribution < -0.4 is 0 Å². The SMILES string of the molecule is CC(C)CN(CC(F)(F)F)C(=O)CN1CCCCCC1. The monoisotopic (exact) mass is 294 g/mol. The smallest absolute Gasteiger partial charge is 0.332 e. The first-order valence-corrected chi connectivity index (χ1v) is 7.35. The molecule has 0 bridgehead atoms. The van der Waals surface area contributed by atoms with Gasteiger partial charge < -0.3 is 4.90 Å². The minimum absolute atomic E-state index is 0.0328. The second-order valence-corrected chi connectivity index (χ2v) is 5.97. The topological polar surface area (TPSA) is 23.6 Å². The quantitative estimate of drug-likeness (QED) is 0.778. The molecular formula is C14H25F3N2O. The molecular weight excluding hydrogens is 269 g/mol. The highest BCUT2D eigenvalue weighted by atomic mass is 19.4. The average molecular weight is 294 g/mol. The number of carbonyl (C=O) groups is 1. The van der Waals surface area contributed by atoms with E-state index < -0.39 is 18.6 Å². The molecule has 1 aliphatic heterocycles. The largest absolute Gasteiger partial charge is 0.406 e. The Labute approximate surface area is 119 Å². The van der Waals surface area contributed by atoms with E-state index >= 15 is 0 Å². The van der Waals surface area contributed by atoms with Crippen LogP contribution in [0.2, 0.25) is 0 Å². The van der Waals surface area contributed by atoms with Gasteiger partial charge in [0, 0.05) is 6.54 Å². The van der Waals surface area contributed by atoms with Gasteiger partial charge in [0.2, 0.25) is 5.91 Å². The van der Waals surface area contributed by atoms with E-state index in [1.54, 1.807) is 0 Å². The Morgan fingerprint density at radius 1 is 1.15 bits per heavy atom. The summed E-state index contributed by atoms with van der Waals surface area (Å²) in [5, 5.41) is 0. The van der Waals surface area contributed by atoms with E-state index in [-0.39, 0.29) is 19.0 Å². The number of hydrogen-bond donors (Lipinski definition) is 0. The van der Waals surface area contributed by atoms with Crippen molar-refractivity contribution in [1.29, 1.82) is 0 Å². The fourth-order valence-corrected chi connectivity index (χ4v) is 2.50. The van der Waals surface area contributed by atoms with Crippen molar-refractivity contribution in [3.63, 3.8) is 0 Å². The fourth-order valence-electron chi connectivity index (χ4n) is 2.50. The molecule has 0 aromatic rings. The van der Waals surface area contributed by atoms with Gasteiger partial charge in [-0.3, -0.25) is 9.69 Å². The second-order valence-electron chi connectivity index (χ2n) is 5.97. The van der Waals surface area contributed by atoms with E-state index in [9.17, 15) is 18.0 Å². The van der Waals surface area contributed by atoms with Gasteiger partial charge >= 0.3 is 6.18 Å². The maximum atomic E-state index is 12.6. The summed E-state index contributed by atoms with van der Waals surface area (Å²) in [7, 11) is 0. The maximum Gasteiger partial charge on any atom is 0.406 e. The molecule has 6 heteroatoms. The van der Waals surface area contributed by atoms with Gasteiger partial charge in [0.15, 0.2) is 0 Å². The standard InChI is InChI=1S/C14H25F3N2O/c1-12(2)9-19(11-14(15,16)17)13(20)10-18-7-5-3-4-6-8-18/h12H,3-11H2,1-2H3. The zero-order valence-electron chi connectivity index (χ0n) is 12.4. The van der Waals surface area contributed by atoms with Crippen LogP contribution >= 0.6 is 0 Å². The third-order valence-electron chi connectivity index (χ3n) is 3.37. The van der Waals surface area contributed by atoms with Crippen molar-refractivity contribution < 1.29 is 18.0 Å². The molecule has 1 saturated heterocycles. The van der Waals surface area contributed by atoms with Crippen LogP contribution in [0.4, 0.5) is 13.2 Å². The van der Waals surface area contributed by atoms with Crippen LogP contribution in [-0.2, 0) is 4.79 Å². The lowest BCUT2D eigenvalue weighted by Gasteiger charge is -2.28. The Morgan fingerprint density at radius 3 is 2.15 bits per heavy atom. The van der Waals surface area contributed by atoms with Gasteiger partial charge in [0.1, 0.15) is 6.54 Å². The van der Waals surface area contributed by atoms with E-state index in [2.05, 4.69) is 0 Å². The first-order valence-electron chi connectivity index (χ1n) is 7.35. The number of carbonyl (C=O) groups excluding carboxylic acids is 1. The normalized spacial score (nSPS) is 18.1. The summed E-state index contributed by atoms with van der Waals surface area (Å²) >= 11 is 0. The summed E-state index contributed by atoms with van der Waals surface area (Å²) in [6.07, 6.45) is 0.00268. The third-order valence-corrected chi connectivity index (χ3v) is 3.37. The van der Waals surface area contributed by atoms with E-state index in [1.807, 2.05) is 18.7 Å². The Morgan fingerprint density at radius 2 is 1.70 bits per heavy atom. The summed E-state index contributed by atoms with van der Waals surface area (Å²) in [6, 6.07) is 0. The van der Waals surface area contributed by atoms with E-state index in [4.69, 9.17) is 0 Å². The van der Waals surface area contributed by atoms with E-state index in [0.29, 0.717) is 0 Å². The van der Waals surface area contributed by atoms with Crippen molar-refractivity contribution in [2.45, 2.75) is 45.7 Å². The predicted octanol–water partition coefficient (Wildman–Crippen LogP) is 2.91. The summed E-state index contributed by atoms with van der Waals surface area (Å²) in [5.41, 5.74) is 0. The van der Waals surface area contributed by atoms with Crippen LogP contribution in [-0.4, -0.2) is 54.6 Å². The van der Waals surface area contributed by atoms with Crippen molar-refractivity contribution in [1.82, 2.24) is 9.80 Å². The summed E-state index contributed by atoms with van der Waals surface area (Å²) < 4.78 is 37.7. The number of nitrogens with zero attached hydrogens (tertiary/aromatic N) is 2. The summed E-state index contributed by atoms with van der Waals surface area (Å²) in [6.45, 7) is 4.40. The molecule has 0 aromatic carbocycles. The van der Waals surface area contributed by atoms with Crippen molar-refractivity contribution in [3.8, 4) is 0 Å². The predicted molar refractivity (Wildman–Crippen MR) is 72.4 cm³/mol. The molecule has 0 radical (unpaired) electrons. The molecule has 0 aliphatic carbocycles. The molecule has 0 unspecified atom stereocenters. The lowest BCUT2D eigenvalue weighted by Crippen LogP contribution is -2.46. The van der Waals surface area contributed by atoms with Crippen LogP contribution in [0.3, 0.4) is 0 Å². The highest BCUT2D eigenvalue weighted by Gasteiger charge is 2.33. The van der Waals surface area contributed by atoms with Crippen molar-refractivity contribution in [2.24, 2.45) is 5.92 Å². The van der Waals surface area contributed by atoms with Gasteiger partial charge in [0.25, 0.3) is 0 Å². The zero-order valence-corrected chi connectivity index (χ0v) is 12.4. The molecule has 0 atom stereocenters. The van der Waals surface area contributed by atoms with Gasteiger partial charge in [-0.15, -0.1) is 0 Å². The molecule has 118 valence electrons. The summed E-state index contributed by atoms with van der Waals surface area (Å²) in [4.78, 5) is 15.1. The third kappa shape index (κ3) is 7.12.